The molecule has 40 nitrogen and oxygen atoms in total. The van der Waals surface area contributed by atoms with E-state index in [4.69, 9.17) is 68.0 Å². The standard InChI is InChI=1S/C50H73N17O21S2.C2H4O2/c1-15-28(64-42(67-39(15)53)20(7-26(52)71)59-8-19(51)40(54)77)45(81)66-30(36(21-9-57-14-60-21)86-49-38(34(75)32(73)24(10-68)85-49)87-48-35(76)37(88-50(56)83)33(74)25(11-69)84-48)46(82)61-17(3)31(72)16(2)43(79)65-29(18(4)70)44(80)58-6-5-27-62-23(13-89-27)47-63-22(12-90-47)41(55)78;1-2(3)4/h9,12-14,16-20,24-25,29-38,48-49,59,68-70,72-76H,5-8,10-11,51H2,1-4H3,(H2,52,71)(H2,54,77)(H2,55,78)(H2,56,83)(H,57,60)(H,58,80)(H,61,82)(H,65,79)(H,66,81)(H2,53,64,67);1H3,(H,3,4)/t16-,17+,18+,19-,20-,24-,25+,29-,30-,31-,32+,33+,34-,35-,36-,37-,38-,48+,49-;/m0./s1. The Morgan fingerprint density at radius 1 is 0.787 bits per heavy atom. The molecule has 0 radical (unpaired) electrons. The highest BCUT2D eigenvalue weighted by molar-refractivity contribution is 7.14. The van der Waals surface area contributed by atoms with Gasteiger partial charge in [-0.05, 0) is 20.8 Å². The van der Waals surface area contributed by atoms with Crippen molar-refractivity contribution in [1.82, 2.24) is 56.5 Å². The van der Waals surface area contributed by atoms with Gasteiger partial charge in [0.25, 0.3) is 17.8 Å². The van der Waals surface area contributed by atoms with Gasteiger partial charge >= 0.3 is 6.09 Å². The molecule has 6 heterocycles. The molecule has 0 spiro atoms. The molecule has 2 aliphatic rings. The van der Waals surface area contributed by atoms with E-state index in [1.165, 1.54) is 44.4 Å². The van der Waals surface area contributed by atoms with Gasteiger partial charge in [-0.1, -0.05) is 6.92 Å². The first-order valence-electron chi connectivity index (χ1n) is 28.4. The fourth-order valence-electron chi connectivity index (χ4n) is 9.15. The molecule has 27 N–H and O–H groups in total. The number of carboxylic acid groups (broad SMARTS) is 1. The number of aromatic nitrogens is 6. The van der Waals surface area contributed by atoms with Crippen molar-refractivity contribution in [1.29, 1.82) is 0 Å². The second-order valence-electron chi connectivity index (χ2n) is 21.4. The van der Waals surface area contributed by atoms with Gasteiger partial charge < -0.3 is 136 Å². The molecule has 2 fully saturated rings. The average molecular weight is 1370 g/mol. The Morgan fingerprint density at radius 3 is 2.01 bits per heavy atom. The van der Waals surface area contributed by atoms with E-state index in [1.807, 2.05) is 0 Å². The van der Waals surface area contributed by atoms with Crippen LogP contribution in [0.15, 0.2) is 23.3 Å². The molecule has 520 valence electrons. The molecule has 8 amide bonds. The first-order valence-corrected chi connectivity index (χ1v) is 30.1. The third kappa shape index (κ3) is 20.4. The minimum atomic E-state index is -2.20. The molecule has 0 aromatic carbocycles. The SMILES string of the molecule is CC(=O)O.Cc1c(N)nc([C@H](CC(N)=O)NC[C@H](N)C(N)=O)nc1C(=O)N[C@H](C(=O)N[C@H](C)[C@@H](O)[C@H](C)C(=O)N[C@H](C(=O)NCCc1nc(-c2nc(C(N)=O)cs2)cs1)[C@@H](C)O)[C@@H](O[C@@H]1O[C@@H](CO)[C@@H](O)[C@H](O)[C@@H]1O[C@H]1O[C@H](CO)[C@@H](O)[C@H](OC(N)=O)[C@@H]1O)c1cnc[nH]1. The number of anilines is 1. The van der Waals surface area contributed by atoms with E-state index in [2.05, 4.69) is 56.5 Å². The van der Waals surface area contributed by atoms with E-state index in [0.717, 1.165) is 30.8 Å². The average Bonchev–Trinajstić information content (AvgIpc) is 1.03. The first-order chi connectivity index (χ1) is 44.2. The molecule has 0 bridgehead atoms. The van der Waals surface area contributed by atoms with Crippen molar-refractivity contribution in [3.8, 4) is 10.7 Å². The highest BCUT2D eigenvalue weighted by Crippen LogP contribution is 2.35. The second kappa shape index (κ2) is 34.8. The summed E-state index contributed by atoms with van der Waals surface area (Å²) in [6.45, 7) is 3.68. The van der Waals surface area contributed by atoms with Crippen molar-refractivity contribution in [2.45, 2.75) is 157 Å². The third-order valence-electron chi connectivity index (χ3n) is 14.3. The number of H-pyrrole nitrogens is 1. The van der Waals surface area contributed by atoms with Crippen LogP contribution in [0.2, 0.25) is 0 Å². The van der Waals surface area contributed by atoms with Crippen molar-refractivity contribution in [3.63, 3.8) is 0 Å². The number of thiazole rings is 2. The lowest BCUT2D eigenvalue weighted by Crippen LogP contribution is -2.65. The number of hydrogen-bond donors (Lipinski definition) is 21. The number of hydrogen-bond acceptors (Lipinski definition) is 32. The Kier molecular flexibility index (Phi) is 28.4. The van der Waals surface area contributed by atoms with Gasteiger partial charge in [-0.15, -0.1) is 22.7 Å². The Bertz CT molecular complexity index is 3250. The number of amides is 8. The lowest BCUT2D eigenvalue weighted by atomic mass is 9.96. The summed E-state index contributed by atoms with van der Waals surface area (Å²) < 4.78 is 28.7. The maximum atomic E-state index is 15.1. The number of carbonyl (C=O) groups is 9. The van der Waals surface area contributed by atoms with E-state index in [9.17, 15) is 74.4 Å². The van der Waals surface area contributed by atoms with E-state index in [-0.39, 0.29) is 48.1 Å². The molecule has 2 saturated heterocycles. The van der Waals surface area contributed by atoms with Crippen LogP contribution in [-0.2, 0) is 58.9 Å². The van der Waals surface area contributed by atoms with Gasteiger partial charge in [0.1, 0.15) is 94.6 Å². The van der Waals surface area contributed by atoms with Crippen LogP contribution in [0.3, 0.4) is 0 Å². The summed E-state index contributed by atoms with van der Waals surface area (Å²) in [7, 11) is 0. The Hall–Kier alpha value is -8.18. The molecule has 94 heavy (non-hydrogen) atoms. The van der Waals surface area contributed by atoms with Crippen LogP contribution in [0.25, 0.3) is 10.7 Å². The Labute approximate surface area is 540 Å². The molecule has 4 aromatic heterocycles. The molecule has 0 aliphatic carbocycles. The maximum absolute atomic E-state index is 15.1. The molecular formula is C52H77N17O23S2. The zero-order valence-corrected chi connectivity index (χ0v) is 52.4. The minimum Gasteiger partial charge on any atom is -0.481 e. The molecule has 4 aromatic rings. The van der Waals surface area contributed by atoms with Gasteiger partial charge in [-0.25, -0.2) is 29.7 Å². The first kappa shape index (κ1) is 76.5. The van der Waals surface area contributed by atoms with Crippen LogP contribution < -0.4 is 61.0 Å². The highest BCUT2D eigenvalue weighted by atomic mass is 32.1. The number of carboxylic acids is 1. The quantitative estimate of drug-likeness (QED) is 0.0222. The molecule has 0 unspecified atom stereocenters. The number of ether oxygens (including phenoxy) is 5. The fraction of sp³-hybridized carbons (Fsp3) is 0.577. The van der Waals surface area contributed by atoms with Crippen LogP contribution in [0.1, 0.15) is 89.3 Å². The van der Waals surface area contributed by atoms with E-state index in [0.29, 0.717) is 15.7 Å². The fourth-order valence-corrected chi connectivity index (χ4v) is 10.8. The largest absolute Gasteiger partial charge is 0.481 e. The molecule has 19 atom stereocenters. The smallest absolute Gasteiger partial charge is 0.404 e. The van der Waals surface area contributed by atoms with Crippen molar-refractivity contribution < 1.29 is 113 Å². The van der Waals surface area contributed by atoms with Crippen LogP contribution in [0.5, 0.6) is 0 Å². The summed E-state index contributed by atoms with van der Waals surface area (Å²) >= 11 is 2.40. The van der Waals surface area contributed by atoms with Gasteiger partial charge in [0.15, 0.2) is 18.7 Å². The van der Waals surface area contributed by atoms with Crippen molar-refractivity contribution in [2.24, 2.45) is 34.6 Å². The lowest BCUT2D eigenvalue weighted by Gasteiger charge is -2.47. The summed E-state index contributed by atoms with van der Waals surface area (Å²) in [6, 6.07) is -7.85. The summed E-state index contributed by atoms with van der Waals surface area (Å²) in [6.07, 6.45) is -25.1. The van der Waals surface area contributed by atoms with Crippen LogP contribution in [-0.4, -0.2) is 253 Å². The maximum Gasteiger partial charge on any atom is 0.404 e. The lowest BCUT2D eigenvalue weighted by molar-refractivity contribution is -0.372. The van der Waals surface area contributed by atoms with Crippen molar-refractivity contribution >= 4 is 81.9 Å². The van der Waals surface area contributed by atoms with Crippen molar-refractivity contribution in [2.75, 3.05) is 32.0 Å². The predicted octanol–water partition coefficient (Wildman–Crippen LogP) is -8.51. The molecule has 0 saturated carbocycles. The number of nitrogens with zero attached hydrogens (tertiary/aromatic N) is 5. The third-order valence-corrected chi connectivity index (χ3v) is 16.1. The number of rotatable bonds is 31. The minimum absolute atomic E-state index is 0.0170. The molecular weight excluding hydrogens is 1290 g/mol. The van der Waals surface area contributed by atoms with Gasteiger partial charge in [-0.3, -0.25) is 38.4 Å². The zero-order chi connectivity index (χ0) is 70.2. The monoisotopic (exact) mass is 1370 g/mol. The van der Waals surface area contributed by atoms with Gasteiger partial charge in [0, 0.05) is 49.2 Å². The van der Waals surface area contributed by atoms with Gasteiger partial charge in [0.05, 0.1) is 72.7 Å². The predicted molar refractivity (Wildman–Crippen MR) is 320 cm³/mol. The van der Waals surface area contributed by atoms with Crippen LogP contribution >= 0.6 is 22.7 Å². The molecule has 42 heteroatoms. The van der Waals surface area contributed by atoms with Gasteiger partial charge in [0.2, 0.25) is 29.5 Å². The van der Waals surface area contributed by atoms with Gasteiger partial charge in [-0.2, -0.15) is 0 Å². The van der Waals surface area contributed by atoms with E-state index < -0.39 is 195 Å². The Morgan fingerprint density at radius 2 is 1.44 bits per heavy atom. The second-order valence-corrected chi connectivity index (χ2v) is 23.2. The summed E-state index contributed by atoms with van der Waals surface area (Å²) in [5, 5.41) is 112. The normalized spacial score (nSPS) is 24.0. The number of carbonyl (C=O) groups excluding carboxylic acids is 8. The summed E-state index contributed by atoms with van der Waals surface area (Å²) in [5.74, 6) is -9.96. The highest BCUT2D eigenvalue weighted by Gasteiger charge is 2.54. The molecule has 2 aliphatic heterocycles. The number of aliphatic hydroxyl groups excluding tert-OH is 8. The topological polar surface area (TPSA) is 678 Å². The zero-order valence-electron chi connectivity index (χ0n) is 50.8. The number of aromatic amines is 1. The number of nitrogens with two attached hydrogens (primary N) is 6. The molecule has 6 rings (SSSR count). The summed E-state index contributed by atoms with van der Waals surface area (Å²) in [5.41, 5.74) is 33.1. The van der Waals surface area contributed by atoms with Crippen LogP contribution in [0, 0.1) is 12.8 Å². The van der Waals surface area contributed by atoms with Crippen LogP contribution in [0.4, 0.5) is 10.6 Å². The number of nitrogen functional groups attached to an aromatic ring is 1. The number of aliphatic carboxylic acids is 1. The number of nitrogens with one attached hydrogen (secondary N) is 6. The Balaban J connectivity index is 0.00000388. The van der Waals surface area contributed by atoms with Crippen molar-refractivity contribution in [3.05, 3.63) is 56.8 Å². The van der Waals surface area contributed by atoms with E-state index in [1.54, 1.807) is 5.38 Å². The number of imidazole rings is 1. The number of aliphatic hydroxyl groups is 8. The summed E-state index contributed by atoms with van der Waals surface area (Å²) in [4.78, 5) is 138. The number of primary amides is 4. The van der Waals surface area contributed by atoms with E-state index >= 15 is 4.79 Å².